The molecule has 7 heteroatoms. The fraction of sp³-hybridized carbons (Fsp3) is 0.579. The first-order valence-electron chi connectivity index (χ1n) is 9.05. The Balaban J connectivity index is 2.14. The maximum Gasteiger partial charge on any atom is 0.219 e. The van der Waals surface area contributed by atoms with Gasteiger partial charge in [0.1, 0.15) is 5.75 Å². The summed E-state index contributed by atoms with van der Waals surface area (Å²) >= 11 is 11.8. The van der Waals surface area contributed by atoms with Crippen LogP contribution in [0.1, 0.15) is 40.0 Å². The molecule has 0 unspecified atom stereocenters. The standard InChI is InChI=1S/C19H28ClN3O2S/c1-5-13(2)23(16-8-10-22(11-9-16)14(3)24)19(26)21-17-7-6-15(20)12-18(17)25-4/h6-7,12-13,16H,5,8-11H2,1-4H3,(H,21,26)/t13-/m1/s1. The van der Waals surface area contributed by atoms with Gasteiger partial charge in [-0.1, -0.05) is 18.5 Å². The van der Waals surface area contributed by atoms with Crippen LogP contribution in [0.5, 0.6) is 5.75 Å². The number of nitrogens with one attached hydrogen (secondary N) is 1. The van der Waals surface area contributed by atoms with Crippen LogP contribution in [0.2, 0.25) is 5.02 Å². The zero-order chi connectivity index (χ0) is 19.3. The van der Waals surface area contributed by atoms with Crippen molar-refractivity contribution in [3.63, 3.8) is 0 Å². The molecule has 0 spiro atoms. The third-order valence-electron chi connectivity index (χ3n) is 5.01. The smallest absolute Gasteiger partial charge is 0.219 e. The molecule has 1 aliphatic heterocycles. The van der Waals surface area contributed by atoms with Gasteiger partial charge in [-0.05, 0) is 50.5 Å². The number of amides is 1. The first-order chi connectivity index (χ1) is 12.4. The molecule has 144 valence electrons. The predicted molar refractivity (Wildman–Crippen MR) is 111 cm³/mol. The number of anilines is 1. The van der Waals surface area contributed by atoms with Gasteiger partial charge in [0, 0.05) is 43.2 Å². The number of piperidine rings is 1. The highest BCUT2D eigenvalue weighted by molar-refractivity contribution is 7.80. The van der Waals surface area contributed by atoms with Crippen LogP contribution >= 0.6 is 23.8 Å². The number of likely N-dealkylation sites (tertiary alicyclic amines) is 1. The van der Waals surface area contributed by atoms with E-state index in [0.717, 1.165) is 38.0 Å². The zero-order valence-electron chi connectivity index (χ0n) is 15.9. The summed E-state index contributed by atoms with van der Waals surface area (Å²) in [6.07, 6.45) is 2.83. The highest BCUT2D eigenvalue weighted by atomic mass is 35.5. The summed E-state index contributed by atoms with van der Waals surface area (Å²) in [5, 5.41) is 4.63. The summed E-state index contributed by atoms with van der Waals surface area (Å²) in [6, 6.07) is 6.08. The van der Waals surface area contributed by atoms with Crippen molar-refractivity contribution in [2.24, 2.45) is 0 Å². The van der Waals surface area contributed by atoms with E-state index in [9.17, 15) is 4.79 Å². The van der Waals surface area contributed by atoms with Gasteiger partial charge in [0.15, 0.2) is 5.11 Å². The number of methoxy groups -OCH3 is 1. The van der Waals surface area contributed by atoms with E-state index < -0.39 is 0 Å². The quantitative estimate of drug-likeness (QED) is 0.756. The number of carbonyl (C=O) groups is 1. The molecule has 26 heavy (non-hydrogen) atoms. The fourth-order valence-electron chi connectivity index (χ4n) is 3.33. The molecule has 1 heterocycles. The lowest BCUT2D eigenvalue weighted by Gasteiger charge is -2.42. The summed E-state index contributed by atoms with van der Waals surface area (Å²) in [6.45, 7) is 7.53. The van der Waals surface area contributed by atoms with E-state index in [1.807, 2.05) is 17.0 Å². The van der Waals surface area contributed by atoms with E-state index in [1.54, 1.807) is 20.1 Å². The largest absolute Gasteiger partial charge is 0.495 e. The molecule has 0 bridgehead atoms. The number of rotatable bonds is 5. The van der Waals surface area contributed by atoms with E-state index >= 15 is 0 Å². The van der Waals surface area contributed by atoms with Crippen molar-refractivity contribution in [3.8, 4) is 5.75 Å². The van der Waals surface area contributed by atoms with Crippen molar-refractivity contribution in [2.45, 2.75) is 52.1 Å². The normalized spacial score (nSPS) is 16.1. The third kappa shape index (κ3) is 5.01. The molecule has 1 N–H and O–H groups in total. The SMILES string of the molecule is CC[C@@H](C)N(C(=S)Nc1ccc(Cl)cc1OC)C1CCN(C(C)=O)CC1. The van der Waals surface area contributed by atoms with Gasteiger partial charge in [0.25, 0.3) is 0 Å². The van der Waals surface area contributed by atoms with Gasteiger partial charge in [0.2, 0.25) is 5.91 Å². The Kier molecular flexibility index (Phi) is 7.53. The van der Waals surface area contributed by atoms with Crippen LogP contribution in [-0.4, -0.2) is 53.1 Å². The molecule has 0 aromatic heterocycles. The van der Waals surface area contributed by atoms with Crippen molar-refractivity contribution in [3.05, 3.63) is 23.2 Å². The Morgan fingerprint density at radius 3 is 2.65 bits per heavy atom. The van der Waals surface area contributed by atoms with E-state index in [0.29, 0.717) is 28.0 Å². The maximum absolute atomic E-state index is 11.6. The summed E-state index contributed by atoms with van der Waals surface area (Å²) < 4.78 is 5.41. The van der Waals surface area contributed by atoms with Crippen molar-refractivity contribution >= 4 is 40.5 Å². The summed E-state index contributed by atoms with van der Waals surface area (Å²) in [5.41, 5.74) is 0.802. The van der Waals surface area contributed by atoms with Gasteiger partial charge in [0.05, 0.1) is 12.8 Å². The molecule has 0 saturated carbocycles. The van der Waals surface area contributed by atoms with Crippen LogP contribution < -0.4 is 10.1 Å². The highest BCUT2D eigenvalue weighted by Gasteiger charge is 2.30. The van der Waals surface area contributed by atoms with Crippen LogP contribution in [0.3, 0.4) is 0 Å². The molecule has 0 radical (unpaired) electrons. The number of ether oxygens (including phenoxy) is 1. The second kappa shape index (κ2) is 9.42. The van der Waals surface area contributed by atoms with Gasteiger partial charge >= 0.3 is 0 Å². The zero-order valence-corrected chi connectivity index (χ0v) is 17.5. The van der Waals surface area contributed by atoms with Crippen molar-refractivity contribution in [2.75, 3.05) is 25.5 Å². The molecule has 1 atom stereocenters. The van der Waals surface area contributed by atoms with E-state index in [-0.39, 0.29) is 5.91 Å². The first-order valence-corrected chi connectivity index (χ1v) is 9.84. The van der Waals surface area contributed by atoms with Gasteiger partial charge in [-0.3, -0.25) is 4.79 Å². The van der Waals surface area contributed by atoms with Crippen molar-refractivity contribution in [1.29, 1.82) is 0 Å². The third-order valence-corrected chi connectivity index (χ3v) is 5.56. The Bertz CT molecular complexity index is 648. The van der Waals surface area contributed by atoms with Gasteiger partial charge < -0.3 is 19.9 Å². The van der Waals surface area contributed by atoms with Gasteiger partial charge in [-0.2, -0.15) is 0 Å². The molecule has 1 saturated heterocycles. The molecule has 2 rings (SSSR count). The average molecular weight is 398 g/mol. The average Bonchev–Trinajstić information content (AvgIpc) is 2.63. The molecular weight excluding hydrogens is 370 g/mol. The summed E-state index contributed by atoms with van der Waals surface area (Å²) in [5.74, 6) is 0.806. The molecule has 1 aromatic carbocycles. The number of carbonyl (C=O) groups excluding carboxylic acids is 1. The number of benzene rings is 1. The minimum atomic E-state index is 0.144. The van der Waals surface area contributed by atoms with Crippen LogP contribution in [0, 0.1) is 0 Å². The molecule has 1 aromatic rings. The Morgan fingerprint density at radius 2 is 2.12 bits per heavy atom. The van der Waals surface area contributed by atoms with E-state index in [2.05, 4.69) is 24.1 Å². The first kappa shape index (κ1) is 20.8. The Labute approximate surface area is 166 Å². The Hall–Kier alpha value is -1.53. The lowest BCUT2D eigenvalue weighted by molar-refractivity contribution is -0.130. The topological polar surface area (TPSA) is 44.8 Å². The number of hydrogen-bond donors (Lipinski definition) is 1. The minimum Gasteiger partial charge on any atom is -0.495 e. The van der Waals surface area contributed by atoms with Gasteiger partial charge in [-0.15, -0.1) is 0 Å². The van der Waals surface area contributed by atoms with E-state index in [4.69, 9.17) is 28.6 Å². The predicted octanol–water partition coefficient (Wildman–Crippen LogP) is 4.16. The number of halogens is 1. The van der Waals surface area contributed by atoms with Gasteiger partial charge in [-0.25, -0.2) is 0 Å². The second-order valence-electron chi connectivity index (χ2n) is 6.68. The number of nitrogens with zero attached hydrogens (tertiary/aromatic N) is 2. The minimum absolute atomic E-state index is 0.144. The molecule has 1 aliphatic rings. The Morgan fingerprint density at radius 1 is 1.46 bits per heavy atom. The van der Waals surface area contributed by atoms with Crippen LogP contribution in [0.4, 0.5) is 5.69 Å². The van der Waals surface area contributed by atoms with Crippen LogP contribution in [-0.2, 0) is 4.79 Å². The van der Waals surface area contributed by atoms with E-state index in [1.165, 1.54) is 0 Å². The van der Waals surface area contributed by atoms with Crippen molar-refractivity contribution < 1.29 is 9.53 Å². The lowest BCUT2D eigenvalue weighted by atomic mass is 10.0. The molecule has 1 amide bonds. The molecule has 5 nitrogen and oxygen atoms in total. The monoisotopic (exact) mass is 397 g/mol. The van der Waals surface area contributed by atoms with Crippen molar-refractivity contribution in [1.82, 2.24) is 9.80 Å². The van der Waals surface area contributed by atoms with Crippen LogP contribution in [0.15, 0.2) is 18.2 Å². The molecule has 1 fully saturated rings. The molecule has 0 aliphatic carbocycles. The maximum atomic E-state index is 11.6. The van der Waals surface area contributed by atoms with Crippen LogP contribution in [0.25, 0.3) is 0 Å². The lowest BCUT2D eigenvalue weighted by Crippen LogP contribution is -2.52. The number of hydrogen-bond acceptors (Lipinski definition) is 3. The summed E-state index contributed by atoms with van der Waals surface area (Å²) in [4.78, 5) is 15.8. The number of thiocarbonyl (C=S) groups is 1. The summed E-state index contributed by atoms with van der Waals surface area (Å²) in [7, 11) is 1.61. The fourth-order valence-corrected chi connectivity index (χ4v) is 3.93. The highest BCUT2D eigenvalue weighted by Crippen LogP contribution is 2.29. The molecular formula is C19H28ClN3O2S. The second-order valence-corrected chi connectivity index (χ2v) is 7.50.